The van der Waals surface area contributed by atoms with Crippen molar-refractivity contribution in [3.8, 4) is 11.8 Å². The molecule has 0 unspecified atom stereocenters. The Morgan fingerprint density at radius 3 is 2.61 bits per heavy atom. The van der Waals surface area contributed by atoms with Crippen molar-refractivity contribution in [2.24, 2.45) is 0 Å². The number of nitrogens with one attached hydrogen (secondary N) is 1. The number of ether oxygens (including phenoxy) is 2. The van der Waals surface area contributed by atoms with Crippen molar-refractivity contribution in [2.75, 3.05) is 13.7 Å². The Morgan fingerprint density at radius 1 is 1.25 bits per heavy atom. The van der Waals surface area contributed by atoms with Crippen molar-refractivity contribution in [3.63, 3.8) is 0 Å². The van der Waals surface area contributed by atoms with Gasteiger partial charge >= 0.3 is 6.01 Å². The Balaban J connectivity index is 1.46. The molecule has 1 aliphatic rings. The van der Waals surface area contributed by atoms with Gasteiger partial charge in [-0.05, 0) is 43.4 Å². The molecule has 28 heavy (non-hydrogen) atoms. The van der Waals surface area contributed by atoms with Crippen molar-refractivity contribution in [2.45, 2.75) is 44.2 Å². The first-order chi connectivity index (χ1) is 13.5. The van der Waals surface area contributed by atoms with Crippen LogP contribution < -0.4 is 14.8 Å². The molecule has 1 aromatic carbocycles. The zero-order valence-corrected chi connectivity index (χ0v) is 16.5. The smallest absolute Gasteiger partial charge is 0.316 e. The Hall–Kier alpha value is -2.38. The quantitative estimate of drug-likeness (QED) is 0.735. The fourth-order valence-electron chi connectivity index (χ4n) is 3.12. The third kappa shape index (κ3) is 5.56. The van der Waals surface area contributed by atoms with Gasteiger partial charge in [-0.3, -0.25) is 4.79 Å². The number of benzene rings is 1. The molecule has 0 bridgehead atoms. The van der Waals surface area contributed by atoms with Crippen LogP contribution in [0.4, 0.5) is 0 Å². The summed E-state index contributed by atoms with van der Waals surface area (Å²) >= 11 is 6.11. The van der Waals surface area contributed by atoms with Crippen LogP contribution in [0.5, 0.6) is 11.8 Å². The first kappa shape index (κ1) is 20.4. The lowest BCUT2D eigenvalue weighted by molar-refractivity contribution is 0.0867. The van der Waals surface area contributed by atoms with E-state index >= 15 is 0 Å². The minimum absolute atomic E-state index is 0.0862. The molecular weight excluding hydrogens is 382 g/mol. The van der Waals surface area contributed by atoms with Gasteiger partial charge < -0.3 is 19.9 Å². The molecule has 150 valence electrons. The lowest BCUT2D eigenvalue weighted by atomic mass is 9.93. The van der Waals surface area contributed by atoms with Crippen LogP contribution in [-0.2, 0) is 6.42 Å². The maximum atomic E-state index is 12.3. The lowest BCUT2D eigenvalue weighted by Gasteiger charge is -2.26. The van der Waals surface area contributed by atoms with Crippen LogP contribution in [0, 0.1) is 0 Å². The largest absolute Gasteiger partial charge is 0.495 e. The maximum Gasteiger partial charge on any atom is 0.316 e. The van der Waals surface area contributed by atoms with Crippen LogP contribution in [-0.4, -0.2) is 46.8 Å². The summed E-state index contributed by atoms with van der Waals surface area (Å²) in [4.78, 5) is 20.5. The number of carbonyl (C=O) groups is 1. The highest BCUT2D eigenvalue weighted by Gasteiger charge is 2.21. The van der Waals surface area contributed by atoms with Crippen LogP contribution in [0.15, 0.2) is 30.6 Å². The zero-order valence-electron chi connectivity index (χ0n) is 15.7. The fraction of sp³-hybridized carbons (Fsp3) is 0.450. The second kappa shape index (κ2) is 9.71. The summed E-state index contributed by atoms with van der Waals surface area (Å²) in [7, 11) is 1.57. The molecular formula is C20H24ClN3O4. The minimum atomic E-state index is -0.248. The number of aliphatic hydroxyl groups is 1. The van der Waals surface area contributed by atoms with E-state index in [2.05, 4.69) is 15.3 Å². The topological polar surface area (TPSA) is 93.6 Å². The van der Waals surface area contributed by atoms with Gasteiger partial charge in [0.15, 0.2) is 0 Å². The molecule has 3 rings (SSSR count). The average molecular weight is 406 g/mol. The molecule has 2 aromatic rings. The molecule has 1 heterocycles. The molecule has 1 fully saturated rings. The van der Waals surface area contributed by atoms with E-state index in [9.17, 15) is 9.90 Å². The highest BCUT2D eigenvalue weighted by molar-refractivity contribution is 6.32. The standard InChI is InChI=1S/C20H24ClN3O4/c1-27-18-7-2-13(10-17(18)21)8-9-28-20-22-11-14(12-23-20)19(26)24-15-3-5-16(25)6-4-15/h2,7,10-12,15-16,25H,3-6,8-9H2,1H3,(H,24,26). The van der Waals surface area contributed by atoms with Gasteiger partial charge in [-0.2, -0.15) is 0 Å². The van der Waals surface area contributed by atoms with Gasteiger partial charge in [-0.1, -0.05) is 17.7 Å². The number of halogens is 1. The third-order valence-corrected chi connectivity index (χ3v) is 5.06. The fourth-order valence-corrected chi connectivity index (χ4v) is 3.40. The average Bonchev–Trinajstić information content (AvgIpc) is 2.70. The van der Waals surface area contributed by atoms with Gasteiger partial charge in [0.25, 0.3) is 5.91 Å². The first-order valence-electron chi connectivity index (χ1n) is 9.31. The van der Waals surface area contributed by atoms with E-state index in [0.29, 0.717) is 42.2 Å². The van der Waals surface area contributed by atoms with Gasteiger partial charge in [0.2, 0.25) is 0 Å². The Labute approximate surface area is 169 Å². The summed E-state index contributed by atoms with van der Waals surface area (Å²) in [5, 5.41) is 13.0. The van der Waals surface area contributed by atoms with Crippen LogP contribution in [0.3, 0.4) is 0 Å². The second-order valence-corrected chi connectivity index (χ2v) is 7.21. The molecule has 8 heteroatoms. The Kier molecular flexibility index (Phi) is 7.06. The number of aliphatic hydroxyl groups excluding tert-OH is 1. The molecule has 1 aromatic heterocycles. The summed E-state index contributed by atoms with van der Waals surface area (Å²) in [6, 6.07) is 5.88. The summed E-state index contributed by atoms with van der Waals surface area (Å²) in [5.74, 6) is 0.425. The van der Waals surface area contributed by atoms with Crippen molar-refractivity contribution in [1.29, 1.82) is 0 Å². The van der Waals surface area contributed by atoms with E-state index in [-0.39, 0.29) is 24.1 Å². The van der Waals surface area contributed by atoms with Crippen LogP contribution in [0.1, 0.15) is 41.6 Å². The molecule has 1 aliphatic carbocycles. The van der Waals surface area contributed by atoms with Crippen molar-refractivity contribution in [3.05, 3.63) is 46.7 Å². The molecule has 0 atom stereocenters. The number of amides is 1. The number of carbonyl (C=O) groups excluding carboxylic acids is 1. The number of aromatic nitrogens is 2. The summed E-state index contributed by atoms with van der Waals surface area (Å²) in [5.41, 5.74) is 1.40. The summed E-state index contributed by atoms with van der Waals surface area (Å²) in [6.07, 6.45) is 6.31. The predicted molar refractivity (Wildman–Crippen MR) is 105 cm³/mol. The number of hydrogen-bond donors (Lipinski definition) is 2. The third-order valence-electron chi connectivity index (χ3n) is 4.76. The highest BCUT2D eigenvalue weighted by Crippen LogP contribution is 2.25. The number of nitrogens with zero attached hydrogens (tertiary/aromatic N) is 2. The van der Waals surface area contributed by atoms with E-state index < -0.39 is 0 Å². The molecule has 0 saturated heterocycles. The van der Waals surface area contributed by atoms with Crippen molar-refractivity contribution >= 4 is 17.5 Å². The van der Waals surface area contributed by atoms with Gasteiger partial charge in [-0.25, -0.2) is 9.97 Å². The molecule has 0 radical (unpaired) electrons. The first-order valence-corrected chi connectivity index (χ1v) is 9.69. The molecule has 2 N–H and O–H groups in total. The summed E-state index contributed by atoms with van der Waals surface area (Å²) in [6.45, 7) is 0.388. The van der Waals surface area contributed by atoms with Crippen LogP contribution in [0.2, 0.25) is 5.02 Å². The van der Waals surface area contributed by atoms with Gasteiger partial charge in [0.05, 0.1) is 30.4 Å². The van der Waals surface area contributed by atoms with Crippen molar-refractivity contribution < 1.29 is 19.4 Å². The summed E-state index contributed by atoms with van der Waals surface area (Å²) < 4.78 is 10.7. The lowest BCUT2D eigenvalue weighted by Crippen LogP contribution is -2.38. The van der Waals surface area contributed by atoms with E-state index in [0.717, 1.165) is 18.4 Å². The van der Waals surface area contributed by atoms with Crippen LogP contribution >= 0.6 is 11.6 Å². The molecule has 7 nitrogen and oxygen atoms in total. The van der Waals surface area contributed by atoms with E-state index in [1.165, 1.54) is 12.4 Å². The number of methoxy groups -OCH3 is 1. The predicted octanol–water partition coefficient (Wildman–Crippen LogP) is 2.79. The SMILES string of the molecule is COc1ccc(CCOc2ncc(C(=O)NC3CCC(O)CC3)cn2)cc1Cl. The Bertz CT molecular complexity index is 793. The zero-order chi connectivity index (χ0) is 19.9. The van der Waals surface area contributed by atoms with Crippen molar-refractivity contribution in [1.82, 2.24) is 15.3 Å². The van der Waals surface area contributed by atoms with Crippen LogP contribution in [0.25, 0.3) is 0 Å². The molecule has 1 amide bonds. The Morgan fingerprint density at radius 2 is 1.96 bits per heavy atom. The van der Waals surface area contributed by atoms with E-state index in [1.807, 2.05) is 18.2 Å². The van der Waals surface area contributed by atoms with Gasteiger partial charge in [0, 0.05) is 24.9 Å². The monoisotopic (exact) mass is 405 g/mol. The van der Waals surface area contributed by atoms with Gasteiger partial charge in [0.1, 0.15) is 5.75 Å². The second-order valence-electron chi connectivity index (χ2n) is 6.80. The maximum absolute atomic E-state index is 12.3. The normalized spacial score (nSPS) is 19.1. The number of rotatable bonds is 7. The van der Waals surface area contributed by atoms with Gasteiger partial charge in [-0.15, -0.1) is 0 Å². The highest BCUT2D eigenvalue weighted by atomic mass is 35.5. The molecule has 1 saturated carbocycles. The van der Waals surface area contributed by atoms with E-state index in [4.69, 9.17) is 21.1 Å². The molecule has 0 spiro atoms. The number of hydrogen-bond acceptors (Lipinski definition) is 6. The molecule has 0 aliphatic heterocycles. The minimum Gasteiger partial charge on any atom is -0.495 e. The van der Waals surface area contributed by atoms with E-state index in [1.54, 1.807) is 7.11 Å².